The predicted molar refractivity (Wildman–Crippen MR) is 83.6 cm³/mol. The summed E-state index contributed by atoms with van der Waals surface area (Å²) in [5, 5.41) is 0. The van der Waals surface area contributed by atoms with Gasteiger partial charge in [-0.3, -0.25) is 4.79 Å². The third-order valence-electron chi connectivity index (χ3n) is 4.80. The summed E-state index contributed by atoms with van der Waals surface area (Å²) in [7, 11) is -3.18. The lowest BCUT2D eigenvalue weighted by molar-refractivity contribution is -0.123. The molecule has 2 fully saturated rings. The lowest BCUT2D eigenvalue weighted by atomic mass is 9.87. The molecule has 2 aliphatic heterocycles. The van der Waals surface area contributed by atoms with Crippen LogP contribution in [0.2, 0.25) is 0 Å². The first-order chi connectivity index (χ1) is 9.91. The van der Waals surface area contributed by atoms with Crippen LogP contribution in [0, 0.1) is 11.8 Å². The van der Waals surface area contributed by atoms with Crippen LogP contribution in [0.15, 0.2) is 0 Å². The van der Waals surface area contributed by atoms with Crippen molar-refractivity contribution in [3.8, 4) is 0 Å². The number of nitrogens with zero attached hydrogens (tertiary/aromatic N) is 2. The molecule has 0 aromatic rings. The topological polar surface area (TPSA) is 57.7 Å². The third kappa shape index (κ3) is 4.50. The van der Waals surface area contributed by atoms with E-state index in [9.17, 15) is 13.2 Å². The molecule has 0 radical (unpaired) electrons. The Morgan fingerprint density at radius 2 is 1.95 bits per heavy atom. The quantitative estimate of drug-likeness (QED) is 0.678. The second-order valence-electron chi connectivity index (χ2n) is 6.50. The van der Waals surface area contributed by atoms with Gasteiger partial charge in [-0.05, 0) is 44.8 Å². The van der Waals surface area contributed by atoms with Crippen LogP contribution in [-0.4, -0.2) is 62.4 Å². The summed E-state index contributed by atoms with van der Waals surface area (Å²) < 4.78 is 24.9. The second kappa shape index (κ2) is 7.20. The average molecular weight is 316 g/mol. The largest absolute Gasteiger partial charge is 0.303 e. The van der Waals surface area contributed by atoms with Crippen molar-refractivity contribution in [3.05, 3.63) is 0 Å². The fraction of sp³-hybridized carbons (Fsp3) is 0.933. The van der Waals surface area contributed by atoms with Crippen molar-refractivity contribution in [2.24, 2.45) is 11.8 Å². The van der Waals surface area contributed by atoms with E-state index in [1.807, 2.05) is 0 Å². The van der Waals surface area contributed by atoms with E-state index in [-0.39, 0.29) is 17.6 Å². The Kier molecular flexibility index (Phi) is 5.80. The minimum Gasteiger partial charge on any atom is -0.303 e. The summed E-state index contributed by atoms with van der Waals surface area (Å²) in [6.45, 7) is 6.35. The van der Waals surface area contributed by atoms with Crippen molar-refractivity contribution < 1.29 is 13.2 Å². The van der Waals surface area contributed by atoms with E-state index < -0.39 is 10.0 Å². The molecule has 6 heteroatoms. The highest BCUT2D eigenvalue weighted by atomic mass is 32.2. The molecule has 2 rings (SSSR count). The van der Waals surface area contributed by atoms with Gasteiger partial charge in [-0.2, -0.15) is 0 Å². The molecule has 0 aromatic heterocycles. The summed E-state index contributed by atoms with van der Waals surface area (Å²) in [4.78, 5) is 14.8. The van der Waals surface area contributed by atoms with Crippen LogP contribution in [0.5, 0.6) is 0 Å². The van der Waals surface area contributed by atoms with E-state index in [1.54, 1.807) is 0 Å². The summed E-state index contributed by atoms with van der Waals surface area (Å²) >= 11 is 0. The number of hydrogen-bond donors (Lipinski definition) is 0. The highest BCUT2D eigenvalue weighted by molar-refractivity contribution is 7.88. The standard InChI is InChI=1S/C15H28N2O3S/c1-3-6-13-11-17(21(2,19)20)12-14(13)15(18)7-4-8-16-9-5-10-16/h13-14H,3-12H2,1-2H3/t13-,14?/m0/s1. The van der Waals surface area contributed by atoms with E-state index in [4.69, 9.17) is 0 Å². The van der Waals surface area contributed by atoms with Gasteiger partial charge >= 0.3 is 0 Å². The number of carbonyl (C=O) groups is 1. The molecule has 0 aliphatic carbocycles. The lowest BCUT2D eigenvalue weighted by Gasteiger charge is -2.30. The summed E-state index contributed by atoms with van der Waals surface area (Å²) in [6, 6.07) is 0. The first-order valence-electron chi connectivity index (χ1n) is 8.12. The Balaban J connectivity index is 1.86. The van der Waals surface area contributed by atoms with Crippen LogP contribution in [-0.2, 0) is 14.8 Å². The molecule has 0 spiro atoms. The molecule has 0 bridgehead atoms. The zero-order chi connectivity index (χ0) is 15.5. The molecular weight excluding hydrogens is 288 g/mol. The average Bonchev–Trinajstić information content (AvgIpc) is 2.76. The van der Waals surface area contributed by atoms with E-state index in [0.717, 1.165) is 38.9 Å². The summed E-state index contributed by atoms with van der Waals surface area (Å²) in [5.74, 6) is 0.387. The van der Waals surface area contributed by atoms with Gasteiger partial charge in [0.05, 0.1) is 6.26 Å². The maximum atomic E-state index is 12.5. The first-order valence-corrected chi connectivity index (χ1v) is 9.97. The Morgan fingerprint density at radius 3 is 2.48 bits per heavy atom. The molecule has 5 nitrogen and oxygen atoms in total. The number of hydrogen-bond acceptors (Lipinski definition) is 4. The van der Waals surface area contributed by atoms with Crippen LogP contribution in [0.3, 0.4) is 0 Å². The van der Waals surface area contributed by atoms with Gasteiger partial charge in [0.15, 0.2) is 0 Å². The van der Waals surface area contributed by atoms with E-state index in [1.165, 1.54) is 17.0 Å². The first kappa shape index (κ1) is 16.9. The summed E-state index contributed by atoms with van der Waals surface area (Å²) in [6.07, 6.45) is 5.96. The van der Waals surface area contributed by atoms with Crippen molar-refractivity contribution in [3.63, 3.8) is 0 Å². The molecule has 2 atom stereocenters. The molecule has 21 heavy (non-hydrogen) atoms. The number of rotatable bonds is 8. The van der Waals surface area contributed by atoms with Crippen molar-refractivity contribution in [1.82, 2.24) is 9.21 Å². The molecule has 0 amide bonds. The molecule has 1 unspecified atom stereocenters. The molecule has 0 aromatic carbocycles. The normalized spacial score (nSPS) is 27.7. The highest BCUT2D eigenvalue weighted by Crippen LogP contribution is 2.30. The second-order valence-corrected chi connectivity index (χ2v) is 8.48. The smallest absolute Gasteiger partial charge is 0.211 e. The van der Waals surface area contributed by atoms with Crippen molar-refractivity contribution in [1.29, 1.82) is 0 Å². The Bertz CT molecular complexity index is 460. The van der Waals surface area contributed by atoms with E-state index in [0.29, 0.717) is 19.5 Å². The number of ketones is 1. The van der Waals surface area contributed by atoms with Gasteiger partial charge in [0, 0.05) is 25.4 Å². The van der Waals surface area contributed by atoms with Gasteiger partial charge in [0.25, 0.3) is 0 Å². The number of carbonyl (C=O) groups excluding carboxylic acids is 1. The van der Waals surface area contributed by atoms with Crippen molar-refractivity contribution in [2.45, 2.75) is 39.0 Å². The van der Waals surface area contributed by atoms with Gasteiger partial charge in [-0.1, -0.05) is 13.3 Å². The fourth-order valence-electron chi connectivity index (χ4n) is 3.40. The molecular formula is C15H28N2O3S. The molecule has 2 heterocycles. The Morgan fingerprint density at radius 1 is 1.24 bits per heavy atom. The van der Waals surface area contributed by atoms with Crippen LogP contribution >= 0.6 is 0 Å². The molecule has 0 N–H and O–H groups in total. The van der Waals surface area contributed by atoms with Crippen LogP contribution in [0.4, 0.5) is 0 Å². The minimum atomic E-state index is -3.18. The monoisotopic (exact) mass is 316 g/mol. The molecule has 0 saturated carbocycles. The number of likely N-dealkylation sites (tertiary alicyclic amines) is 1. The fourth-order valence-corrected chi connectivity index (χ4v) is 4.29. The zero-order valence-corrected chi connectivity index (χ0v) is 14.1. The lowest BCUT2D eigenvalue weighted by Crippen LogP contribution is -2.38. The maximum absolute atomic E-state index is 12.5. The number of Topliss-reactive ketones (excluding diaryl/α,β-unsaturated/α-hetero) is 1. The van der Waals surface area contributed by atoms with E-state index in [2.05, 4.69) is 11.8 Å². The molecule has 122 valence electrons. The van der Waals surface area contributed by atoms with Gasteiger partial charge in [-0.15, -0.1) is 0 Å². The van der Waals surface area contributed by atoms with Crippen LogP contribution < -0.4 is 0 Å². The van der Waals surface area contributed by atoms with Crippen LogP contribution in [0.1, 0.15) is 39.0 Å². The van der Waals surface area contributed by atoms with E-state index >= 15 is 0 Å². The highest BCUT2D eigenvalue weighted by Gasteiger charge is 2.39. The van der Waals surface area contributed by atoms with Gasteiger partial charge in [0.2, 0.25) is 10.0 Å². The maximum Gasteiger partial charge on any atom is 0.211 e. The van der Waals surface area contributed by atoms with Gasteiger partial charge < -0.3 is 4.90 Å². The van der Waals surface area contributed by atoms with Crippen LogP contribution in [0.25, 0.3) is 0 Å². The number of sulfonamides is 1. The van der Waals surface area contributed by atoms with Gasteiger partial charge in [-0.25, -0.2) is 12.7 Å². The Labute approximate surface area is 128 Å². The predicted octanol–water partition coefficient (Wildman–Crippen LogP) is 1.35. The van der Waals surface area contributed by atoms with Crippen molar-refractivity contribution >= 4 is 15.8 Å². The van der Waals surface area contributed by atoms with Crippen molar-refractivity contribution in [2.75, 3.05) is 39.0 Å². The molecule has 2 aliphatic rings. The van der Waals surface area contributed by atoms with Gasteiger partial charge in [0.1, 0.15) is 5.78 Å². The summed E-state index contributed by atoms with van der Waals surface area (Å²) in [5.41, 5.74) is 0. The minimum absolute atomic E-state index is 0.0870. The molecule has 2 saturated heterocycles. The Hall–Kier alpha value is -0.460. The third-order valence-corrected chi connectivity index (χ3v) is 6.03. The zero-order valence-electron chi connectivity index (χ0n) is 13.3. The SMILES string of the molecule is CCC[C@H]1CN(S(C)(=O)=O)CC1C(=O)CCCN1CCC1.